The summed E-state index contributed by atoms with van der Waals surface area (Å²) in [6.07, 6.45) is 25.8. The highest BCUT2D eigenvalue weighted by Crippen LogP contribution is 2.47. The second-order valence-corrected chi connectivity index (χ2v) is 17.5. The van der Waals surface area contributed by atoms with E-state index in [1.165, 1.54) is 115 Å². The van der Waals surface area contributed by atoms with Gasteiger partial charge in [0.15, 0.2) is 6.10 Å². The molecule has 0 aromatic rings. The number of allylic oxidation sites excluding steroid dienone is 4. The Bertz CT molecular complexity index is 1160. The van der Waals surface area contributed by atoms with Crippen LogP contribution in [0.3, 0.4) is 0 Å². The summed E-state index contributed by atoms with van der Waals surface area (Å²) < 4.78 is 33.3. The van der Waals surface area contributed by atoms with E-state index in [1.54, 1.807) is 12.2 Å². The molecule has 14 heteroatoms. The second kappa shape index (κ2) is 35.6. The smallest absolute Gasteiger partial charge is 0.458 e. The summed E-state index contributed by atoms with van der Waals surface area (Å²) in [4.78, 5) is 35.5. The number of carbonyl (C=O) groups is 2. The monoisotopic (exact) mass is 861 g/mol. The Kier molecular flexibility index (Phi) is 33.3. The summed E-state index contributed by atoms with van der Waals surface area (Å²) in [5, 5.41) is 50.1. The van der Waals surface area contributed by atoms with Gasteiger partial charge < -0.3 is 39.9 Å². The van der Waals surface area contributed by atoms with E-state index in [2.05, 4.69) is 13.5 Å². The lowest BCUT2D eigenvalue weighted by Gasteiger charge is -2.41. The molecule has 1 aliphatic rings. The van der Waals surface area contributed by atoms with Crippen molar-refractivity contribution in [2.75, 3.05) is 13.2 Å². The molecule has 6 N–H and O–H groups in total. The molecule has 0 aromatic heterocycles. The summed E-state index contributed by atoms with van der Waals surface area (Å²) in [6, 6.07) is 0. The van der Waals surface area contributed by atoms with Crippen LogP contribution in [0.5, 0.6) is 0 Å². The van der Waals surface area contributed by atoms with Crippen LogP contribution in [0, 0.1) is 0 Å². The number of carbonyl (C=O) groups excluding carboxylic acids is 2. The first kappa shape index (κ1) is 55.1. The van der Waals surface area contributed by atoms with E-state index in [-0.39, 0.29) is 6.42 Å². The fraction of sp³-hybridized carbons (Fsp3) is 0.822. The molecule has 344 valence electrons. The lowest BCUT2D eigenvalue weighted by atomic mass is 9.85. The van der Waals surface area contributed by atoms with Gasteiger partial charge in [-0.05, 0) is 32.1 Å². The van der Waals surface area contributed by atoms with E-state index in [4.69, 9.17) is 18.5 Å². The standard InChI is InChI=1S/C45H81O13P/c1-3-5-7-9-11-13-15-17-19-21-23-25-27-29-31-33-38(46)55-35-37(36-56-59(53,54)58-45-43(51)41(49)40(48)42(50)44(45)52)57-39(47)34-32-30-28-26-24-22-20-18-16-14-12-10-8-6-4-2/h4,27,29,31,33,37,40-45,48-52H,2-3,5-26,28,30,32,34-36H2,1H3,(H,53,54)/b29-27+,33-31+/t37-,40?,41-,42?,43?,44?,45?/m1/s1. The van der Waals surface area contributed by atoms with Gasteiger partial charge in [0.1, 0.15) is 43.2 Å². The third-order valence-corrected chi connectivity index (χ3v) is 11.7. The number of aliphatic hydroxyl groups is 5. The minimum Gasteiger partial charge on any atom is -0.458 e. The molecule has 0 heterocycles. The van der Waals surface area contributed by atoms with Gasteiger partial charge in [-0.1, -0.05) is 166 Å². The molecule has 0 radical (unpaired) electrons. The quantitative estimate of drug-likeness (QED) is 0.00859. The van der Waals surface area contributed by atoms with Crippen molar-refractivity contribution in [1.82, 2.24) is 0 Å². The van der Waals surface area contributed by atoms with Crippen molar-refractivity contribution in [3.05, 3.63) is 37.0 Å². The summed E-state index contributed by atoms with van der Waals surface area (Å²) in [7, 11) is -5.13. The van der Waals surface area contributed by atoms with Crippen LogP contribution in [0.25, 0.3) is 0 Å². The van der Waals surface area contributed by atoms with Crippen molar-refractivity contribution >= 4 is 19.8 Å². The maximum absolute atomic E-state index is 12.8. The first-order valence-electron chi connectivity index (χ1n) is 22.8. The molecule has 0 bridgehead atoms. The summed E-state index contributed by atoms with van der Waals surface area (Å²) in [5.74, 6) is -1.35. The summed E-state index contributed by atoms with van der Waals surface area (Å²) in [6.45, 7) is 4.72. The molecule has 13 nitrogen and oxygen atoms in total. The van der Waals surface area contributed by atoms with Crippen LogP contribution in [0.2, 0.25) is 0 Å². The van der Waals surface area contributed by atoms with Gasteiger partial charge >= 0.3 is 19.8 Å². The number of phosphoric ester groups is 1. The van der Waals surface area contributed by atoms with E-state index in [0.29, 0.717) is 6.42 Å². The second-order valence-electron chi connectivity index (χ2n) is 16.1. The number of ether oxygens (including phenoxy) is 2. The Morgan fingerprint density at radius 2 is 1.05 bits per heavy atom. The summed E-state index contributed by atoms with van der Waals surface area (Å²) in [5.41, 5.74) is 0. The SMILES string of the molecule is C=CCCCCCCCCCCCCCCCC(=O)O[C@H](COC(=O)/C=C/C=C/CCCCCCCCCCCCC)COP(=O)(O)OC1C(O)C(O)C(O)[C@@H](O)C1O. The number of unbranched alkanes of at least 4 members (excludes halogenated alkanes) is 24. The third-order valence-electron chi connectivity index (χ3n) is 10.7. The Labute approximate surface area is 355 Å². The van der Waals surface area contributed by atoms with E-state index in [9.17, 15) is 44.6 Å². The zero-order valence-electron chi connectivity index (χ0n) is 36.1. The molecule has 59 heavy (non-hydrogen) atoms. The van der Waals surface area contributed by atoms with Crippen molar-refractivity contribution in [1.29, 1.82) is 0 Å². The summed E-state index contributed by atoms with van der Waals surface area (Å²) >= 11 is 0. The molecule has 8 atom stereocenters. The minimum absolute atomic E-state index is 0.0763. The molecule has 1 aliphatic carbocycles. The van der Waals surface area contributed by atoms with E-state index in [0.717, 1.165) is 51.4 Å². The Hall–Kier alpha value is -1.93. The maximum atomic E-state index is 12.8. The van der Waals surface area contributed by atoms with Gasteiger partial charge in [-0.3, -0.25) is 13.8 Å². The molecule has 0 aromatic carbocycles. The molecule has 1 saturated carbocycles. The topological polar surface area (TPSA) is 210 Å². The molecule has 6 unspecified atom stereocenters. The van der Waals surface area contributed by atoms with Crippen molar-refractivity contribution < 1.29 is 63.1 Å². The van der Waals surface area contributed by atoms with Crippen molar-refractivity contribution in [3.63, 3.8) is 0 Å². The van der Waals surface area contributed by atoms with Gasteiger partial charge in [0.2, 0.25) is 0 Å². The Morgan fingerprint density at radius 3 is 1.54 bits per heavy atom. The molecule has 0 spiro atoms. The number of esters is 2. The van der Waals surface area contributed by atoms with Crippen LogP contribution in [0.1, 0.15) is 180 Å². The predicted octanol–water partition coefficient (Wildman–Crippen LogP) is 8.61. The number of hydrogen-bond donors (Lipinski definition) is 6. The number of phosphoric acid groups is 1. The Balaban J connectivity index is 2.50. The van der Waals surface area contributed by atoms with Crippen LogP contribution in [0.4, 0.5) is 0 Å². The van der Waals surface area contributed by atoms with Crippen molar-refractivity contribution in [3.8, 4) is 0 Å². The molecule has 1 fully saturated rings. The highest BCUT2D eigenvalue weighted by molar-refractivity contribution is 7.47. The maximum Gasteiger partial charge on any atom is 0.472 e. The zero-order valence-corrected chi connectivity index (χ0v) is 37.0. The molecular formula is C45H81O13P. The normalized spacial score (nSPS) is 22.4. The average Bonchev–Trinajstić information content (AvgIpc) is 3.21. The van der Waals surface area contributed by atoms with Gasteiger partial charge in [-0.2, -0.15) is 0 Å². The fourth-order valence-electron chi connectivity index (χ4n) is 7.01. The zero-order chi connectivity index (χ0) is 43.6. The molecular weight excluding hydrogens is 779 g/mol. The first-order valence-corrected chi connectivity index (χ1v) is 24.3. The van der Waals surface area contributed by atoms with Gasteiger partial charge in [-0.25, -0.2) is 9.36 Å². The Morgan fingerprint density at radius 1 is 0.610 bits per heavy atom. The molecule has 1 rings (SSSR count). The minimum atomic E-state index is -5.13. The van der Waals surface area contributed by atoms with Crippen molar-refractivity contribution in [2.45, 2.75) is 223 Å². The van der Waals surface area contributed by atoms with Crippen LogP contribution in [-0.4, -0.2) is 98.3 Å². The van der Waals surface area contributed by atoms with E-state index in [1.807, 2.05) is 12.2 Å². The molecule has 0 amide bonds. The third kappa shape index (κ3) is 28.3. The lowest BCUT2D eigenvalue weighted by molar-refractivity contribution is -0.220. The van der Waals surface area contributed by atoms with Gasteiger partial charge in [0.25, 0.3) is 0 Å². The van der Waals surface area contributed by atoms with Crippen molar-refractivity contribution in [2.24, 2.45) is 0 Å². The van der Waals surface area contributed by atoms with Crippen LogP contribution >= 0.6 is 7.82 Å². The molecule has 0 aliphatic heterocycles. The van der Waals surface area contributed by atoms with Gasteiger partial charge in [-0.15, -0.1) is 6.58 Å². The fourth-order valence-corrected chi connectivity index (χ4v) is 7.98. The van der Waals surface area contributed by atoms with Crippen LogP contribution < -0.4 is 0 Å². The molecule has 0 saturated heterocycles. The largest absolute Gasteiger partial charge is 0.472 e. The first-order chi connectivity index (χ1) is 28.4. The van der Waals surface area contributed by atoms with E-state index >= 15 is 0 Å². The number of aliphatic hydroxyl groups excluding tert-OH is 5. The van der Waals surface area contributed by atoms with Crippen LogP contribution in [0.15, 0.2) is 37.0 Å². The highest BCUT2D eigenvalue weighted by Gasteiger charge is 2.51. The van der Waals surface area contributed by atoms with Gasteiger partial charge in [0, 0.05) is 12.5 Å². The number of rotatable bonds is 38. The van der Waals surface area contributed by atoms with Crippen LogP contribution in [-0.2, 0) is 32.7 Å². The number of hydrogen-bond acceptors (Lipinski definition) is 12. The van der Waals surface area contributed by atoms with Gasteiger partial charge in [0.05, 0.1) is 6.61 Å². The lowest BCUT2D eigenvalue weighted by Crippen LogP contribution is -2.64. The average molecular weight is 861 g/mol. The van der Waals surface area contributed by atoms with E-state index < -0.39 is 75.7 Å². The predicted molar refractivity (Wildman–Crippen MR) is 230 cm³/mol. The highest BCUT2D eigenvalue weighted by atomic mass is 31.2.